The molecule has 1 saturated heterocycles. The average molecular weight is 395 g/mol. The molecule has 144 valence electrons. The van der Waals surface area contributed by atoms with Crippen LogP contribution in [0.5, 0.6) is 0 Å². The van der Waals surface area contributed by atoms with Gasteiger partial charge in [0.15, 0.2) is 5.82 Å². The molecule has 1 aliphatic rings. The zero-order chi connectivity index (χ0) is 19.5. The Bertz CT molecular complexity index is 954. The Morgan fingerprint density at radius 3 is 2.71 bits per heavy atom. The molecular weight excluding hydrogens is 372 g/mol. The minimum Gasteiger partial charge on any atom is -0.334 e. The number of amides is 1. The normalized spacial score (nSPS) is 14.8. The van der Waals surface area contributed by atoms with Crippen LogP contribution in [-0.2, 0) is 4.84 Å². The number of hydrogen-bond donors (Lipinski definition) is 0. The molecule has 0 unspecified atom stereocenters. The summed E-state index contributed by atoms with van der Waals surface area (Å²) in [5, 5.41) is 3.79. The highest BCUT2D eigenvalue weighted by atomic mass is 32.1. The van der Waals surface area contributed by atoms with Crippen LogP contribution >= 0.6 is 11.3 Å². The van der Waals surface area contributed by atoms with E-state index in [1.165, 1.54) is 0 Å². The van der Waals surface area contributed by atoms with Gasteiger partial charge in [-0.25, -0.2) is 15.0 Å². The summed E-state index contributed by atoms with van der Waals surface area (Å²) >= 11 is 1.64. The predicted octanol–water partition coefficient (Wildman–Crippen LogP) is 3.72. The first-order chi connectivity index (χ1) is 13.6. The highest BCUT2D eigenvalue weighted by Crippen LogP contribution is 2.29. The van der Waals surface area contributed by atoms with Gasteiger partial charge in [0.1, 0.15) is 5.82 Å². The molecule has 0 bridgehead atoms. The Labute approximate surface area is 168 Å². The monoisotopic (exact) mass is 394 g/mol. The van der Waals surface area contributed by atoms with Gasteiger partial charge >= 0.3 is 0 Å². The average Bonchev–Trinajstić information content (AvgIpc) is 3.11. The summed E-state index contributed by atoms with van der Waals surface area (Å²) < 4.78 is 0. The summed E-state index contributed by atoms with van der Waals surface area (Å²) in [6, 6.07) is 13.7. The third-order valence-electron chi connectivity index (χ3n) is 4.62. The largest absolute Gasteiger partial charge is 0.334 e. The van der Waals surface area contributed by atoms with Crippen molar-refractivity contribution < 1.29 is 9.63 Å². The molecule has 0 atom stereocenters. The number of hydroxylamine groups is 1. The lowest BCUT2D eigenvalue weighted by Gasteiger charge is -2.22. The fourth-order valence-electron chi connectivity index (χ4n) is 3.34. The summed E-state index contributed by atoms with van der Waals surface area (Å²) in [6.07, 6.45) is 0. The summed E-state index contributed by atoms with van der Waals surface area (Å²) in [7, 11) is 0. The second kappa shape index (κ2) is 8.08. The van der Waals surface area contributed by atoms with E-state index in [0.29, 0.717) is 32.1 Å². The van der Waals surface area contributed by atoms with Gasteiger partial charge in [0.05, 0.1) is 13.2 Å². The first-order valence-electron chi connectivity index (χ1n) is 9.27. The third kappa shape index (κ3) is 3.90. The highest BCUT2D eigenvalue weighted by molar-refractivity contribution is 7.13. The summed E-state index contributed by atoms with van der Waals surface area (Å²) in [5.74, 6) is 1.48. The smallest absolute Gasteiger partial charge is 0.254 e. The SMILES string of the molecule is Cc1cc(N2CCN(C(=O)c3ccccc3-c3cccs3)CCO2)nc(C)n1. The van der Waals surface area contributed by atoms with Crippen LogP contribution in [0.1, 0.15) is 21.9 Å². The molecule has 4 rings (SSSR count). The van der Waals surface area contributed by atoms with Crippen LogP contribution in [0, 0.1) is 13.8 Å². The molecule has 6 nitrogen and oxygen atoms in total. The van der Waals surface area contributed by atoms with E-state index >= 15 is 0 Å². The van der Waals surface area contributed by atoms with Gasteiger partial charge < -0.3 is 4.90 Å². The molecule has 0 spiro atoms. The molecular formula is C21H22N4O2S. The molecule has 3 heterocycles. The highest BCUT2D eigenvalue weighted by Gasteiger charge is 2.24. The molecule has 1 fully saturated rings. The first kappa shape index (κ1) is 18.6. The number of nitrogens with zero attached hydrogens (tertiary/aromatic N) is 4. The fraction of sp³-hybridized carbons (Fsp3) is 0.286. The molecule has 2 aromatic heterocycles. The van der Waals surface area contributed by atoms with Crippen LogP contribution in [0.2, 0.25) is 0 Å². The lowest BCUT2D eigenvalue weighted by molar-refractivity contribution is 0.0731. The maximum Gasteiger partial charge on any atom is 0.254 e. The summed E-state index contributed by atoms with van der Waals surface area (Å²) in [5.41, 5.74) is 2.60. The molecule has 7 heteroatoms. The topological polar surface area (TPSA) is 58.6 Å². The Hall–Kier alpha value is -2.77. The molecule has 0 saturated carbocycles. The van der Waals surface area contributed by atoms with Crippen LogP contribution in [-0.4, -0.2) is 47.0 Å². The minimum atomic E-state index is 0.0319. The van der Waals surface area contributed by atoms with Gasteiger partial charge in [0.25, 0.3) is 5.91 Å². The van der Waals surface area contributed by atoms with Crippen LogP contribution in [0.4, 0.5) is 5.82 Å². The van der Waals surface area contributed by atoms with Crippen molar-refractivity contribution >= 4 is 23.1 Å². The Kier molecular flexibility index (Phi) is 5.36. The number of aryl methyl sites for hydroxylation is 2. The van der Waals surface area contributed by atoms with E-state index in [1.807, 2.05) is 66.6 Å². The second-order valence-electron chi connectivity index (χ2n) is 6.67. The molecule has 0 radical (unpaired) electrons. The van der Waals surface area contributed by atoms with E-state index in [1.54, 1.807) is 16.4 Å². The van der Waals surface area contributed by atoms with E-state index in [0.717, 1.165) is 27.5 Å². The van der Waals surface area contributed by atoms with E-state index in [4.69, 9.17) is 4.84 Å². The minimum absolute atomic E-state index is 0.0319. The maximum absolute atomic E-state index is 13.3. The van der Waals surface area contributed by atoms with Crippen LogP contribution in [0.25, 0.3) is 10.4 Å². The molecule has 1 aromatic carbocycles. The van der Waals surface area contributed by atoms with E-state index in [2.05, 4.69) is 9.97 Å². The van der Waals surface area contributed by atoms with Crippen molar-refractivity contribution in [2.75, 3.05) is 31.3 Å². The number of carbonyl (C=O) groups excluding carboxylic acids is 1. The summed E-state index contributed by atoms with van der Waals surface area (Å²) in [6.45, 7) is 5.90. The number of carbonyl (C=O) groups is 1. The van der Waals surface area contributed by atoms with Crippen molar-refractivity contribution in [1.82, 2.24) is 14.9 Å². The van der Waals surface area contributed by atoms with Gasteiger partial charge in [0, 0.05) is 40.9 Å². The van der Waals surface area contributed by atoms with E-state index in [-0.39, 0.29) is 5.91 Å². The lowest BCUT2D eigenvalue weighted by atomic mass is 10.0. The molecule has 28 heavy (non-hydrogen) atoms. The van der Waals surface area contributed by atoms with Gasteiger partial charge in [-0.1, -0.05) is 24.3 Å². The van der Waals surface area contributed by atoms with E-state index in [9.17, 15) is 4.79 Å². The number of anilines is 1. The van der Waals surface area contributed by atoms with Crippen LogP contribution in [0.3, 0.4) is 0 Å². The van der Waals surface area contributed by atoms with Crippen molar-refractivity contribution in [1.29, 1.82) is 0 Å². The van der Waals surface area contributed by atoms with Crippen molar-refractivity contribution in [2.45, 2.75) is 13.8 Å². The van der Waals surface area contributed by atoms with Gasteiger partial charge in [-0.2, -0.15) is 0 Å². The van der Waals surface area contributed by atoms with Crippen molar-refractivity contribution in [2.24, 2.45) is 0 Å². The Morgan fingerprint density at radius 1 is 1.07 bits per heavy atom. The number of benzene rings is 1. The molecule has 0 N–H and O–H groups in total. The quantitative estimate of drug-likeness (QED) is 0.678. The van der Waals surface area contributed by atoms with Crippen LogP contribution < -0.4 is 5.06 Å². The lowest BCUT2D eigenvalue weighted by Crippen LogP contribution is -2.35. The van der Waals surface area contributed by atoms with E-state index < -0.39 is 0 Å². The fourth-order valence-corrected chi connectivity index (χ4v) is 4.11. The van der Waals surface area contributed by atoms with Crippen molar-refractivity contribution in [3.05, 3.63) is 64.9 Å². The van der Waals surface area contributed by atoms with Gasteiger partial charge in [-0.3, -0.25) is 9.63 Å². The van der Waals surface area contributed by atoms with Crippen LogP contribution in [0.15, 0.2) is 47.8 Å². The molecule has 0 aliphatic carbocycles. The Morgan fingerprint density at radius 2 is 1.93 bits per heavy atom. The second-order valence-corrected chi connectivity index (χ2v) is 7.61. The van der Waals surface area contributed by atoms with Gasteiger partial charge in [-0.15, -0.1) is 11.3 Å². The molecule has 1 aliphatic heterocycles. The summed E-state index contributed by atoms with van der Waals surface area (Å²) in [4.78, 5) is 30.9. The predicted molar refractivity (Wildman–Crippen MR) is 110 cm³/mol. The maximum atomic E-state index is 13.3. The number of aromatic nitrogens is 2. The van der Waals surface area contributed by atoms with Gasteiger partial charge in [0.2, 0.25) is 0 Å². The van der Waals surface area contributed by atoms with Crippen molar-refractivity contribution in [3.8, 4) is 10.4 Å². The number of thiophene rings is 1. The molecule has 1 amide bonds. The van der Waals surface area contributed by atoms with Gasteiger partial charge in [-0.05, 0) is 31.4 Å². The first-order valence-corrected chi connectivity index (χ1v) is 10.1. The third-order valence-corrected chi connectivity index (χ3v) is 5.52. The standard InChI is InChI=1S/C21H22N4O2S/c1-15-14-20(23-16(2)22-15)25-10-9-24(11-12-27-25)21(26)18-7-4-3-6-17(18)19-8-5-13-28-19/h3-8,13-14H,9-12H2,1-2H3. The number of hydrogen-bond acceptors (Lipinski definition) is 6. The number of rotatable bonds is 3. The zero-order valence-corrected chi connectivity index (χ0v) is 16.8. The zero-order valence-electron chi connectivity index (χ0n) is 16.0. The van der Waals surface area contributed by atoms with Crippen molar-refractivity contribution in [3.63, 3.8) is 0 Å². The Balaban J connectivity index is 1.53. The molecule has 3 aromatic rings.